The number of aliphatic hydroxyl groups excluding tert-OH is 1. The molecule has 5 heteroatoms. The standard InChI is InChI=1S/C38H66O5/c1-3-5-7-9-11-13-15-16-17-18-19-20-21-22-23-25-27-29-31-33-38(41)43-36(34-39)35-42-37(40)32-30-28-26-24-14-12-10-8-6-4-2/h5,7,11,13,16-17,19-20,36,39H,3-4,6,8-10,12,14-15,18,21-35H2,1-2H3/b7-5-,13-11-,17-16-,20-19-. The van der Waals surface area contributed by atoms with Gasteiger partial charge in [-0.25, -0.2) is 0 Å². The highest BCUT2D eigenvalue weighted by atomic mass is 16.6. The van der Waals surface area contributed by atoms with Gasteiger partial charge in [0.15, 0.2) is 6.10 Å². The average molecular weight is 603 g/mol. The molecule has 0 aliphatic carbocycles. The van der Waals surface area contributed by atoms with E-state index in [0.29, 0.717) is 12.8 Å². The molecule has 0 radical (unpaired) electrons. The second kappa shape index (κ2) is 34.4. The number of ether oxygens (including phenoxy) is 2. The van der Waals surface area contributed by atoms with Crippen molar-refractivity contribution in [3.8, 4) is 0 Å². The Morgan fingerprint density at radius 1 is 0.558 bits per heavy atom. The van der Waals surface area contributed by atoms with Crippen molar-refractivity contribution in [2.75, 3.05) is 13.2 Å². The quantitative estimate of drug-likeness (QED) is 0.0485. The molecule has 0 aromatic rings. The lowest BCUT2D eigenvalue weighted by Crippen LogP contribution is -2.28. The lowest BCUT2D eigenvalue weighted by atomic mass is 10.1. The number of hydrogen-bond acceptors (Lipinski definition) is 5. The summed E-state index contributed by atoms with van der Waals surface area (Å²) in [7, 11) is 0. The number of rotatable bonds is 31. The van der Waals surface area contributed by atoms with Crippen molar-refractivity contribution >= 4 is 11.9 Å². The molecule has 0 amide bonds. The van der Waals surface area contributed by atoms with Crippen LogP contribution in [0.2, 0.25) is 0 Å². The van der Waals surface area contributed by atoms with E-state index in [-0.39, 0.29) is 25.2 Å². The Kier molecular flexibility index (Phi) is 32.6. The number of carbonyl (C=O) groups excluding carboxylic acids is 2. The fourth-order valence-corrected chi connectivity index (χ4v) is 4.72. The first kappa shape index (κ1) is 40.9. The highest BCUT2D eigenvalue weighted by Gasteiger charge is 2.16. The van der Waals surface area contributed by atoms with Gasteiger partial charge in [-0.2, -0.15) is 0 Å². The minimum absolute atomic E-state index is 0.0713. The van der Waals surface area contributed by atoms with Gasteiger partial charge in [0.05, 0.1) is 6.61 Å². The van der Waals surface area contributed by atoms with Gasteiger partial charge in [0.1, 0.15) is 6.61 Å². The lowest BCUT2D eigenvalue weighted by Gasteiger charge is -2.15. The summed E-state index contributed by atoms with van der Waals surface area (Å²) < 4.78 is 10.5. The van der Waals surface area contributed by atoms with Gasteiger partial charge in [-0.15, -0.1) is 0 Å². The molecule has 0 aromatic heterocycles. The highest BCUT2D eigenvalue weighted by molar-refractivity contribution is 5.70. The number of hydrogen-bond donors (Lipinski definition) is 1. The monoisotopic (exact) mass is 602 g/mol. The van der Waals surface area contributed by atoms with Crippen molar-refractivity contribution in [3.63, 3.8) is 0 Å². The topological polar surface area (TPSA) is 72.8 Å². The average Bonchev–Trinajstić information content (AvgIpc) is 3.01. The number of carbonyl (C=O) groups is 2. The zero-order chi connectivity index (χ0) is 31.5. The Labute approximate surface area is 265 Å². The van der Waals surface area contributed by atoms with Gasteiger partial charge in [-0.3, -0.25) is 9.59 Å². The van der Waals surface area contributed by atoms with Crippen LogP contribution in [-0.4, -0.2) is 36.4 Å². The van der Waals surface area contributed by atoms with E-state index in [4.69, 9.17) is 9.47 Å². The third-order valence-corrected chi connectivity index (χ3v) is 7.39. The Balaban J connectivity index is 3.61. The lowest BCUT2D eigenvalue weighted by molar-refractivity contribution is -0.161. The van der Waals surface area contributed by atoms with E-state index < -0.39 is 6.10 Å². The molecular formula is C38H66O5. The maximum absolute atomic E-state index is 12.1. The molecule has 0 saturated carbocycles. The van der Waals surface area contributed by atoms with Crippen molar-refractivity contribution in [3.05, 3.63) is 48.6 Å². The largest absolute Gasteiger partial charge is 0.462 e. The molecule has 0 saturated heterocycles. The van der Waals surface area contributed by atoms with Gasteiger partial charge in [-0.05, 0) is 51.4 Å². The molecule has 5 nitrogen and oxygen atoms in total. The maximum atomic E-state index is 12.1. The minimum Gasteiger partial charge on any atom is -0.462 e. The number of esters is 2. The van der Waals surface area contributed by atoms with Crippen LogP contribution in [0.3, 0.4) is 0 Å². The van der Waals surface area contributed by atoms with Crippen LogP contribution in [0.25, 0.3) is 0 Å². The molecule has 0 aliphatic heterocycles. The molecule has 0 bridgehead atoms. The highest BCUT2D eigenvalue weighted by Crippen LogP contribution is 2.13. The third kappa shape index (κ3) is 32.6. The second-order valence-corrected chi connectivity index (χ2v) is 11.6. The Morgan fingerprint density at radius 2 is 1.00 bits per heavy atom. The Morgan fingerprint density at radius 3 is 1.51 bits per heavy atom. The van der Waals surface area contributed by atoms with Crippen molar-refractivity contribution in [1.29, 1.82) is 0 Å². The summed E-state index contributed by atoms with van der Waals surface area (Å²) in [5, 5.41) is 9.51. The first-order chi connectivity index (χ1) is 21.1. The fourth-order valence-electron chi connectivity index (χ4n) is 4.72. The van der Waals surface area contributed by atoms with Gasteiger partial charge in [0.25, 0.3) is 0 Å². The van der Waals surface area contributed by atoms with Crippen LogP contribution in [0.5, 0.6) is 0 Å². The summed E-state index contributed by atoms with van der Waals surface area (Å²) in [6, 6.07) is 0. The van der Waals surface area contributed by atoms with Crippen LogP contribution in [0, 0.1) is 0 Å². The Bertz CT molecular complexity index is 737. The minimum atomic E-state index is -0.775. The SMILES string of the molecule is CC/C=C\C/C=C\C/C=C\C/C=C\CCCCCCCCC(=O)OC(CO)COC(=O)CCCCCCCCCCCC. The molecule has 0 heterocycles. The number of allylic oxidation sites excluding steroid dienone is 8. The third-order valence-electron chi connectivity index (χ3n) is 7.39. The Hall–Kier alpha value is -2.14. The van der Waals surface area contributed by atoms with Crippen molar-refractivity contribution in [2.24, 2.45) is 0 Å². The van der Waals surface area contributed by atoms with E-state index in [2.05, 4.69) is 62.5 Å². The first-order valence-electron chi connectivity index (χ1n) is 17.7. The molecule has 1 atom stereocenters. The van der Waals surface area contributed by atoms with E-state index in [1.54, 1.807) is 0 Å². The summed E-state index contributed by atoms with van der Waals surface area (Å²) in [4.78, 5) is 24.1. The van der Waals surface area contributed by atoms with E-state index in [0.717, 1.165) is 70.6 Å². The zero-order valence-electron chi connectivity index (χ0n) is 28.0. The molecule has 0 rings (SSSR count). The summed E-state index contributed by atoms with van der Waals surface area (Å²) in [5.74, 6) is -0.611. The molecule has 0 fully saturated rings. The first-order valence-corrected chi connectivity index (χ1v) is 17.7. The molecule has 0 aromatic carbocycles. The predicted octanol–water partition coefficient (Wildman–Crippen LogP) is 10.7. The molecule has 0 aliphatic rings. The summed E-state index contributed by atoms with van der Waals surface area (Å²) in [5.41, 5.74) is 0. The second-order valence-electron chi connectivity index (χ2n) is 11.6. The normalized spacial score (nSPS) is 12.7. The van der Waals surface area contributed by atoms with Gasteiger partial charge in [0.2, 0.25) is 0 Å². The van der Waals surface area contributed by atoms with E-state index >= 15 is 0 Å². The van der Waals surface area contributed by atoms with Gasteiger partial charge < -0.3 is 14.6 Å². The van der Waals surface area contributed by atoms with Gasteiger partial charge in [0, 0.05) is 12.8 Å². The smallest absolute Gasteiger partial charge is 0.306 e. The van der Waals surface area contributed by atoms with Gasteiger partial charge >= 0.3 is 11.9 Å². The predicted molar refractivity (Wildman–Crippen MR) is 182 cm³/mol. The summed E-state index contributed by atoms with van der Waals surface area (Å²) in [6.07, 6.45) is 41.6. The van der Waals surface area contributed by atoms with Crippen molar-refractivity contribution < 1.29 is 24.2 Å². The van der Waals surface area contributed by atoms with Crippen molar-refractivity contribution in [1.82, 2.24) is 0 Å². The van der Waals surface area contributed by atoms with E-state index in [9.17, 15) is 14.7 Å². The molecule has 43 heavy (non-hydrogen) atoms. The molecule has 248 valence electrons. The van der Waals surface area contributed by atoms with Crippen LogP contribution < -0.4 is 0 Å². The summed E-state index contributed by atoms with van der Waals surface area (Å²) in [6.45, 7) is 3.98. The van der Waals surface area contributed by atoms with Crippen LogP contribution in [-0.2, 0) is 19.1 Å². The van der Waals surface area contributed by atoms with Crippen LogP contribution in [0.1, 0.15) is 162 Å². The molecule has 0 spiro atoms. The van der Waals surface area contributed by atoms with Crippen molar-refractivity contribution in [2.45, 2.75) is 168 Å². The molecule has 1 N–H and O–H groups in total. The fraction of sp³-hybridized carbons (Fsp3) is 0.737. The maximum Gasteiger partial charge on any atom is 0.306 e. The number of unbranched alkanes of at least 4 members (excludes halogenated alkanes) is 15. The van der Waals surface area contributed by atoms with Gasteiger partial charge in [-0.1, -0.05) is 146 Å². The van der Waals surface area contributed by atoms with E-state index in [1.165, 1.54) is 64.2 Å². The number of aliphatic hydroxyl groups is 1. The van der Waals surface area contributed by atoms with Crippen LogP contribution in [0.15, 0.2) is 48.6 Å². The van der Waals surface area contributed by atoms with Crippen LogP contribution >= 0.6 is 0 Å². The van der Waals surface area contributed by atoms with Crippen LogP contribution in [0.4, 0.5) is 0 Å². The summed E-state index contributed by atoms with van der Waals surface area (Å²) >= 11 is 0. The van der Waals surface area contributed by atoms with E-state index in [1.807, 2.05) is 0 Å². The zero-order valence-corrected chi connectivity index (χ0v) is 28.0. The molecule has 1 unspecified atom stereocenters. The molecular weight excluding hydrogens is 536 g/mol.